The first kappa shape index (κ1) is 15.3. The Labute approximate surface area is 145 Å². The van der Waals surface area contributed by atoms with Crippen LogP contribution in [0.15, 0.2) is 42.6 Å². The summed E-state index contributed by atoms with van der Waals surface area (Å²) in [6.45, 7) is 0. The van der Waals surface area contributed by atoms with E-state index in [4.69, 9.17) is 0 Å². The number of nitrogens with zero attached hydrogens (tertiary/aromatic N) is 2. The second kappa shape index (κ2) is 6.69. The lowest BCUT2D eigenvalue weighted by atomic mass is 9.88. The molecule has 0 bridgehead atoms. The van der Waals surface area contributed by atoms with Gasteiger partial charge in [0, 0.05) is 23.4 Å². The number of nitrogens with one attached hydrogen (secondary N) is 1. The van der Waals surface area contributed by atoms with Gasteiger partial charge in [0.15, 0.2) is 0 Å². The van der Waals surface area contributed by atoms with Crippen molar-refractivity contribution in [2.45, 2.75) is 32.1 Å². The average Bonchev–Trinajstić information content (AvgIpc) is 3.07. The van der Waals surface area contributed by atoms with E-state index in [2.05, 4.69) is 15.3 Å². The van der Waals surface area contributed by atoms with Crippen molar-refractivity contribution in [3.8, 4) is 10.6 Å². The zero-order valence-corrected chi connectivity index (χ0v) is 14.2. The van der Waals surface area contributed by atoms with Crippen LogP contribution in [0.25, 0.3) is 20.9 Å². The molecule has 1 aliphatic rings. The highest BCUT2D eigenvalue weighted by atomic mass is 32.1. The summed E-state index contributed by atoms with van der Waals surface area (Å²) in [4.78, 5) is 22.2. The van der Waals surface area contributed by atoms with E-state index < -0.39 is 0 Å². The van der Waals surface area contributed by atoms with Gasteiger partial charge in [0.2, 0.25) is 5.91 Å². The first-order valence-electron chi connectivity index (χ1n) is 8.42. The van der Waals surface area contributed by atoms with Crippen LogP contribution >= 0.6 is 11.3 Å². The molecule has 0 atom stereocenters. The number of anilines is 1. The summed E-state index contributed by atoms with van der Waals surface area (Å²) in [5.41, 5.74) is 2.83. The van der Waals surface area contributed by atoms with Crippen LogP contribution in [-0.2, 0) is 4.79 Å². The summed E-state index contributed by atoms with van der Waals surface area (Å²) >= 11 is 1.58. The van der Waals surface area contributed by atoms with Gasteiger partial charge in [0.1, 0.15) is 15.4 Å². The minimum Gasteiger partial charge on any atom is -0.326 e. The third-order valence-electron chi connectivity index (χ3n) is 4.54. The minimum absolute atomic E-state index is 0.159. The lowest BCUT2D eigenvalue weighted by Gasteiger charge is -2.20. The number of thiazole rings is 1. The molecule has 0 unspecified atom stereocenters. The van der Waals surface area contributed by atoms with E-state index in [0.29, 0.717) is 0 Å². The number of carbonyl (C=O) groups excluding carboxylic acids is 1. The lowest BCUT2D eigenvalue weighted by Crippen LogP contribution is -2.24. The molecule has 0 spiro atoms. The molecule has 1 fully saturated rings. The standard InChI is InChI=1S/C19H19N3OS/c23-17(13-5-2-1-3-6-13)21-15-10-8-14(9-11-15)18-22-16-7-4-12-20-19(16)24-18/h4,7-13H,1-3,5-6H2,(H,21,23). The van der Waals surface area contributed by atoms with Crippen molar-refractivity contribution in [3.05, 3.63) is 42.6 Å². The number of rotatable bonds is 3. The summed E-state index contributed by atoms with van der Waals surface area (Å²) < 4.78 is 0. The van der Waals surface area contributed by atoms with Crippen LogP contribution in [0.3, 0.4) is 0 Å². The molecule has 0 saturated heterocycles. The number of hydrogen-bond donors (Lipinski definition) is 1. The van der Waals surface area contributed by atoms with E-state index in [9.17, 15) is 4.79 Å². The topological polar surface area (TPSA) is 54.9 Å². The summed E-state index contributed by atoms with van der Waals surface area (Å²) in [5.74, 6) is 0.334. The van der Waals surface area contributed by atoms with Gasteiger partial charge < -0.3 is 5.32 Å². The molecule has 1 saturated carbocycles. The van der Waals surface area contributed by atoms with Gasteiger partial charge in [0.25, 0.3) is 0 Å². The Hall–Kier alpha value is -2.27. The second-order valence-electron chi connectivity index (χ2n) is 6.25. The van der Waals surface area contributed by atoms with Crippen molar-refractivity contribution >= 4 is 33.3 Å². The first-order valence-corrected chi connectivity index (χ1v) is 9.24. The summed E-state index contributed by atoms with van der Waals surface area (Å²) in [7, 11) is 0. The third-order valence-corrected chi connectivity index (χ3v) is 5.57. The van der Waals surface area contributed by atoms with Crippen LogP contribution < -0.4 is 5.32 Å². The number of hydrogen-bond acceptors (Lipinski definition) is 4. The fourth-order valence-electron chi connectivity index (χ4n) is 3.20. The van der Waals surface area contributed by atoms with Crippen molar-refractivity contribution in [2.24, 2.45) is 5.92 Å². The Morgan fingerprint density at radius 1 is 1.08 bits per heavy atom. The molecular weight excluding hydrogens is 318 g/mol. The zero-order valence-electron chi connectivity index (χ0n) is 13.4. The molecule has 24 heavy (non-hydrogen) atoms. The maximum Gasteiger partial charge on any atom is 0.227 e. The maximum atomic E-state index is 12.3. The van der Waals surface area contributed by atoms with Crippen molar-refractivity contribution < 1.29 is 4.79 Å². The highest BCUT2D eigenvalue weighted by molar-refractivity contribution is 7.21. The second-order valence-corrected chi connectivity index (χ2v) is 7.23. The van der Waals surface area contributed by atoms with Crippen LogP contribution in [0.2, 0.25) is 0 Å². The molecule has 2 aromatic heterocycles. The number of amides is 1. The SMILES string of the molecule is O=C(Nc1ccc(-c2nc3cccnc3s2)cc1)C1CCCCC1. The first-order chi connectivity index (χ1) is 11.8. The molecule has 4 rings (SSSR count). The Morgan fingerprint density at radius 2 is 1.88 bits per heavy atom. The zero-order chi connectivity index (χ0) is 16.4. The van der Waals surface area contributed by atoms with E-state index in [1.165, 1.54) is 19.3 Å². The van der Waals surface area contributed by atoms with Crippen molar-refractivity contribution in [1.29, 1.82) is 0 Å². The fourth-order valence-corrected chi connectivity index (χ4v) is 4.11. The molecule has 1 N–H and O–H groups in total. The van der Waals surface area contributed by atoms with Gasteiger partial charge in [-0.2, -0.15) is 0 Å². The number of fused-ring (bicyclic) bond motifs is 1. The van der Waals surface area contributed by atoms with Gasteiger partial charge in [-0.15, -0.1) is 0 Å². The lowest BCUT2D eigenvalue weighted by molar-refractivity contribution is -0.120. The largest absolute Gasteiger partial charge is 0.326 e. The predicted octanol–water partition coefficient (Wildman–Crippen LogP) is 4.88. The van der Waals surface area contributed by atoms with Crippen molar-refractivity contribution in [1.82, 2.24) is 9.97 Å². The van der Waals surface area contributed by atoms with Crippen LogP contribution in [-0.4, -0.2) is 15.9 Å². The van der Waals surface area contributed by atoms with Crippen LogP contribution in [0, 0.1) is 5.92 Å². The molecule has 5 heteroatoms. The van der Waals surface area contributed by atoms with Crippen LogP contribution in [0.1, 0.15) is 32.1 Å². The highest BCUT2D eigenvalue weighted by Gasteiger charge is 2.21. The predicted molar refractivity (Wildman–Crippen MR) is 98.1 cm³/mol. The quantitative estimate of drug-likeness (QED) is 0.741. The van der Waals surface area contributed by atoms with Gasteiger partial charge in [-0.05, 0) is 49.2 Å². The molecule has 122 valence electrons. The van der Waals surface area contributed by atoms with Crippen molar-refractivity contribution in [3.63, 3.8) is 0 Å². The fraction of sp³-hybridized carbons (Fsp3) is 0.316. The normalized spacial score (nSPS) is 15.5. The monoisotopic (exact) mass is 337 g/mol. The van der Waals surface area contributed by atoms with Gasteiger partial charge in [-0.3, -0.25) is 4.79 Å². The van der Waals surface area contributed by atoms with Gasteiger partial charge in [0.05, 0.1) is 0 Å². The summed E-state index contributed by atoms with van der Waals surface area (Å²) in [6, 6.07) is 11.8. The highest BCUT2D eigenvalue weighted by Crippen LogP contribution is 2.30. The smallest absolute Gasteiger partial charge is 0.227 e. The summed E-state index contributed by atoms with van der Waals surface area (Å²) in [6.07, 6.45) is 7.42. The Kier molecular flexibility index (Phi) is 4.26. The molecule has 2 heterocycles. The van der Waals surface area contributed by atoms with E-state index in [0.717, 1.165) is 39.4 Å². The molecule has 1 aromatic carbocycles. The van der Waals surface area contributed by atoms with Gasteiger partial charge >= 0.3 is 0 Å². The van der Waals surface area contributed by atoms with Crippen molar-refractivity contribution in [2.75, 3.05) is 5.32 Å². The summed E-state index contributed by atoms with van der Waals surface area (Å²) in [5, 5.41) is 4.00. The molecule has 1 aliphatic carbocycles. The molecule has 0 radical (unpaired) electrons. The Bertz CT molecular complexity index is 817. The van der Waals surface area contributed by atoms with Gasteiger partial charge in [-0.1, -0.05) is 30.6 Å². The molecule has 1 amide bonds. The van der Waals surface area contributed by atoms with E-state index in [1.54, 1.807) is 17.5 Å². The third kappa shape index (κ3) is 3.17. The Morgan fingerprint density at radius 3 is 2.62 bits per heavy atom. The van der Waals surface area contributed by atoms with E-state index >= 15 is 0 Å². The molecular formula is C19H19N3OS. The average molecular weight is 337 g/mol. The number of carbonyl (C=O) groups is 1. The van der Waals surface area contributed by atoms with Crippen LogP contribution in [0.4, 0.5) is 5.69 Å². The number of benzene rings is 1. The maximum absolute atomic E-state index is 12.3. The van der Waals surface area contributed by atoms with Gasteiger partial charge in [-0.25, -0.2) is 9.97 Å². The number of pyridine rings is 1. The van der Waals surface area contributed by atoms with Crippen LogP contribution in [0.5, 0.6) is 0 Å². The molecule has 3 aromatic rings. The Balaban J connectivity index is 1.48. The van der Waals surface area contributed by atoms with E-state index in [-0.39, 0.29) is 11.8 Å². The van der Waals surface area contributed by atoms with E-state index in [1.807, 2.05) is 36.4 Å². The molecule has 4 nitrogen and oxygen atoms in total. The molecule has 0 aliphatic heterocycles. The minimum atomic E-state index is 0.159. The number of aromatic nitrogens is 2.